The van der Waals surface area contributed by atoms with E-state index in [2.05, 4.69) is 5.10 Å². The first-order valence-electron chi connectivity index (χ1n) is 14.3. The SMILES string of the molecule is CCC(=O)OCC(=O)[C@]1(OC(=O)CC)[C@@H](C)CC2[C@@H]3CCC4=Cc5c(cnn5C)C[C@]4(C)[C@@]3(F)[C@@H](O)C[C@@]21C. The Morgan fingerprint density at radius 2 is 1.87 bits per heavy atom. The number of aliphatic hydroxyl groups is 1. The van der Waals surface area contributed by atoms with Crippen molar-refractivity contribution in [2.75, 3.05) is 6.61 Å². The van der Waals surface area contributed by atoms with Crippen LogP contribution in [-0.2, 0) is 37.3 Å². The van der Waals surface area contributed by atoms with Crippen molar-refractivity contribution in [2.45, 2.75) is 96.9 Å². The minimum atomic E-state index is -1.93. The van der Waals surface area contributed by atoms with Crippen LogP contribution in [0, 0.1) is 28.6 Å². The summed E-state index contributed by atoms with van der Waals surface area (Å²) in [5, 5.41) is 16.2. The highest BCUT2D eigenvalue weighted by molar-refractivity contribution is 5.93. The molecule has 1 heterocycles. The molecule has 4 aliphatic carbocycles. The largest absolute Gasteiger partial charge is 0.457 e. The van der Waals surface area contributed by atoms with E-state index in [9.17, 15) is 19.5 Å². The highest BCUT2D eigenvalue weighted by Gasteiger charge is 2.77. The number of aromatic nitrogens is 2. The lowest BCUT2D eigenvalue weighted by atomic mass is 9.43. The summed E-state index contributed by atoms with van der Waals surface area (Å²) in [5.41, 5.74) is -2.59. The fraction of sp³-hybridized carbons (Fsp3) is 0.733. The molecule has 214 valence electrons. The van der Waals surface area contributed by atoms with E-state index in [1.807, 2.05) is 33.9 Å². The Bertz CT molecular complexity index is 1240. The van der Waals surface area contributed by atoms with Crippen molar-refractivity contribution in [2.24, 2.45) is 35.6 Å². The Morgan fingerprint density at radius 3 is 2.54 bits per heavy atom. The van der Waals surface area contributed by atoms with Gasteiger partial charge in [0.2, 0.25) is 5.78 Å². The molecule has 1 aromatic heterocycles. The third-order valence-electron chi connectivity index (χ3n) is 10.9. The second-order valence-electron chi connectivity index (χ2n) is 12.7. The maximum absolute atomic E-state index is 17.9. The molecule has 0 aliphatic heterocycles. The van der Waals surface area contributed by atoms with E-state index in [4.69, 9.17) is 9.47 Å². The van der Waals surface area contributed by atoms with Crippen molar-refractivity contribution in [1.29, 1.82) is 0 Å². The predicted molar refractivity (Wildman–Crippen MR) is 141 cm³/mol. The molecule has 0 aromatic carbocycles. The van der Waals surface area contributed by atoms with Crippen molar-refractivity contribution < 1.29 is 33.4 Å². The van der Waals surface area contributed by atoms with Crippen LogP contribution < -0.4 is 0 Å². The van der Waals surface area contributed by atoms with Crippen LogP contribution in [0.4, 0.5) is 4.39 Å². The topological polar surface area (TPSA) is 108 Å². The monoisotopic (exact) mass is 544 g/mol. The van der Waals surface area contributed by atoms with Gasteiger partial charge in [-0.25, -0.2) is 4.39 Å². The van der Waals surface area contributed by atoms with Crippen molar-refractivity contribution in [1.82, 2.24) is 9.78 Å². The fourth-order valence-corrected chi connectivity index (χ4v) is 8.98. The Kier molecular flexibility index (Phi) is 6.64. The van der Waals surface area contributed by atoms with Crippen LogP contribution in [0.15, 0.2) is 11.8 Å². The quantitative estimate of drug-likeness (QED) is 0.537. The number of carbonyl (C=O) groups excluding carboxylic acids is 3. The van der Waals surface area contributed by atoms with Gasteiger partial charge in [0.25, 0.3) is 0 Å². The summed E-state index contributed by atoms with van der Waals surface area (Å²) in [7, 11) is 1.88. The lowest BCUT2D eigenvalue weighted by Crippen LogP contribution is -2.70. The van der Waals surface area contributed by atoms with Gasteiger partial charge in [0.1, 0.15) is 5.67 Å². The number of halogens is 1. The number of ether oxygens (including phenoxy) is 2. The number of hydrogen-bond acceptors (Lipinski definition) is 7. The second kappa shape index (κ2) is 9.25. The number of hydrogen-bond donors (Lipinski definition) is 1. The molecule has 0 amide bonds. The average molecular weight is 545 g/mol. The Balaban J connectivity index is 1.58. The van der Waals surface area contributed by atoms with Crippen LogP contribution in [-0.4, -0.2) is 56.6 Å². The predicted octanol–water partition coefficient (Wildman–Crippen LogP) is 4.13. The summed E-state index contributed by atoms with van der Waals surface area (Å²) >= 11 is 0. The van der Waals surface area contributed by atoms with E-state index < -0.39 is 64.4 Å². The van der Waals surface area contributed by atoms with Gasteiger partial charge in [-0.05, 0) is 49.7 Å². The lowest BCUT2D eigenvalue weighted by molar-refractivity contribution is -0.234. The zero-order chi connectivity index (χ0) is 28.5. The van der Waals surface area contributed by atoms with E-state index in [1.165, 1.54) is 0 Å². The zero-order valence-corrected chi connectivity index (χ0v) is 23.9. The highest BCUT2D eigenvalue weighted by atomic mass is 19.1. The highest BCUT2D eigenvalue weighted by Crippen LogP contribution is 2.72. The van der Waals surface area contributed by atoms with Gasteiger partial charge in [0.15, 0.2) is 12.2 Å². The number of ketones is 1. The van der Waals surface area contributed by atoms with Crippen LogP contribution >= 0.6 is 0 Å². The summed E-state index contributed by atoms with van der Waals surface area (Å²) in [6.45, 7) is 8.42. The van der Waals surface area contributed by atoms with E-state index >= 15 is 4.39 Å². The van der Waals surface area contributed by atoms with Gasteiger partial charge < -0.3 is 14.6 Å². The van der Waals surface area contributed by atoms with E-state index in [0.717, 1.165) is 16.8 Å². The molecule has 9 heteroatoms. The van der Waals surface area contributed by atoms with E-state index in [-0.39, 0.29) is 25.2 Å². The maximum Gasteiger partial charge on any atom is 0.306 e. The summed E-state index contributed by atoms with van der Waals surface area (Å²) in [6.07, 6.45) is 4.68. The molecule has 0 bridgehead atoms. The Hall–Kier alpha value is -2.55. The number of carbonyl (C=O) groups is 3. The smallest absolute Gasteiger partial charge is 0.306 e. The number of Topliss-reactive ketones (excluding diaryl/α,β-unsaturated/α-hetero) is 1. The number of rotatable bonds is 6. The first-order valence-corrected chi connectivity index (χ1v) is 14.3. The lowest BCUT2D eigenvalue weighted by Gasteiger charge is -2.63. The van der Waals surface area contributed by atoms with Crippen molar-refractivity contribution in [3.05, 3.63) is 23.0 Å². The Labute approximate surface area is 229 Å². The second-order valence-corrected chi connectivity index (χ2v) is 12.7. The number of allylic oxidation sites excluding steroid dienone is 1. The van der Waals surface area contributed by atoms with Gasteiger partial charge in [-0.2, -0.15) is 5.10 Å². The summed E-state index contributed by atoms with van der Waals surface area (Å²) in [4.78, 5) is 38.6. The summed E-state index contributed by atoms with van der Waals surface area (Å²) in [5.74, 6) is -2.85. The molecule has 4 aliphatic rings. The number of aliphatic hydroxyl groups excluding tert-OH is 1. The van der Waals surface area contributed by atoms with E-state index in [1.54, 1.807) is 24.7 Å². The van der Waals surface area contributed by atoms with Crippen molar-refractivity contribution in [3.63, 3.8) is 0 Å². The van der Waals surface area contributed by atoms with Crippen molar-refractivity contribution in [3.8, 4) is 0 Å². The first kappa shape index (κ1) is 28.0. The molecule has 3 fully saturated rings. The molecule has 0 saturated heterocycles. The van der Waals surface area contributed by atoms with Gasteiger partial charge in [-0.1, -0.05) is 40.2 Å². The summed E-state index contributed by atoms with van der Waals surface area (Å²) in [6, 6.07) is 0. The number of alkyl halides is 1. The van der Waals surface area contributed by atoms with Gasteiger partial charge in [-0.3, -0.25) is 19.1 Å². The van der Waals surface area contributed by atoms with Crippen LogP contribution in [0.1, 0.15) is 84.4 Å². The molecule has 39 heavy (non-hydrogen) atoms. The molecule has 8 nitrogen and oxygen atoms in total. The first-order chi connectivity index (χ1) is 18.3. The number of aryl methyl sites for hydroxylation is 1. The van der Waals surface area contributed by atoms with Gasteiger partial charge in [0.05, 0.1) is 18.0 Å². The minimum Gasteiger partial charge on any atom is -0.457 e. The molecule has 1 N–H and O–H groups in total. The zero-order valence-electron chi connectivity index (χ0n) is 23.9. The van der Waals surface area contributed by atoms with Crippen molar-refractivity contribution >= 4 is 23.8 Å². The number of fused-ring (bicyclic) bond motifs is 6. The average Bonchev–Trinajstić information content (AvgIpc) is 3.35. The Morgan fingerprint density at radius 1 is 1.18 bits per heavy atom. The normalized spacial score (nSPS) is 40.5. The van der Waals surface area contributed by atoms with Crippen LogP contribution in [0.2, 0.25) is 0 Å². The molecule has 0 spiro atoms. The molecule has 1 aromatic rings. The van der Waals surface area contributed by atoms with Crippen LogP contribution in [0.3, 0.4) is 0 Å². The van der Waals surface area contributed by atoms with Gasteiger partial charge in [0, 0.05) is 42.6 Å². The van der Waals surface area contributed by atoms with E-state index in [0.29, 0.717) is 25.7 Å². The molecule has 5 rings (SSSR count). The standard InChI is InChI=1S/C30H41FN2O6/c1-7-25(36)38-16-24(35)30(39-26(37)8-2)17(3)11-21-20-10-9-19-12-22-18(15-32-33(22)6)13-27(19,4)29(20,31)23(34)14-28(21,30)5/h12,15,17,20-21,23,34H,7-11,13-14,16H2,1-6H3/t17-,20-,21?,23-,27-,28-,29-,30+/m0/s1. The van der Waals surface area contributed by atoms with Crippen LogP contribution in [0.25, 0.3) is 6.08 Å². The molecule has 3 saturated carbocycles. The molecule has 0 radical (unpaired) electrons. The fourth-order valence-electron chi connectivity index (χ4n) is 8.98. The minimum absolute atomic E-state index is 0.0395. The maximum atomic E-state index is 17.9. The molecular formula is C30H41FN2O6. The van der Waals surface area contributed by atoms with Gasteiger partial charge in [-0.15, -0.1) is 0 Å². The van der Waals surface area contributed by atoms with Gasteiger partial charge >= 0.3 is 11.9 Å². The third kappa shape index (κ3) is 3.57. The molecular weight excluding hydrogens is 503 g/mol. The molecule has 1 unspecified atom stereocenters. The molecule has 8 atom stereocenters. The number of nitrogens with zero attached hydrogens (tertiary/aromatic N) is 2. The third-order valence-corrected chi connectivity index (χ3v) is 10.9. The number of esters is 2. The summed E-state index contributed by atoms with van der Waals surface area (Å²) < 4.78 is 31.0. The van der Waals surface area contributed by atoms with Crippen LogP contribution in [0.5, 0.6) is 0 Å².